The molecular weight excluding hydrogens is 202 g/mol. The topological polar surface area (TPSA) is 71.5 Å². The number of sulfonamides is 2. The minimum Gasteiger partial charge on any atom is -0.212 e. The zero-order valence-corrected chi connectivity index (χ0v) is 9.11. The summed E-state index contributed by atoms with van der Waals surface area (Å²) >= 11 is 0. The molecule has 0 spiro atoms. The summed E-state index contributed by atoms with van der Waals surface area (Å²) in [7, 11) is -6.32. The van der Waals surface area contributed by atoms with Gasteiger partial charge in [-0.1, -0.05) is 3.71 Å². The summed E-state index contributed by atoms with van der Waals surface area (Å²) in [6, 6.07) is 0. The lowest BCUT2D eigenvalue weighted by Gasteiger charge is -2.16. The third-order valence-corrected chi connectivity index (χ3v) is 5.70. The van der Waals surface area contributed by atoms with Crippen molar-refractivity contribution < 1.29 is 16.8 Å². The molecule has 0 saturated carbocycles. The minimum absolute atomic E-state index is 0.394. The van der Waals surface area contributed by atoms with Crippen LogP contribution >= 0.6 is 0 Å². The second-order valence-electron chi connectivity index (χ2n) is 2.74. The van der Waals surface area contributed by atoms with E-state index in [1.165, 1.54) is 13.8 Å². The van der Waals surface area contributed by atoms with Gasteiger partial charge in [0.05, 0.1) is 11.5 Å². The van der Waals surface area contributed by atoms with Crippen molar-refractivity contribution in [2.75, 3.05) is 13.3 Å². The van der Waals surface area contributed by atoms with Crippen molar-refractivity contribution in [1.29, 1.82) is 0 Å². The molecule has 0 atom stereocenters. The Balaban J connectivity index is 5.12. The first-order chi connectivity index (χ1) is 5.10. The van der Waals surface area contributed by atoms with E-state index >= 15 is 0 Å². The minimum atomic E-state index is -3.69. The van der Waals surface area contributed by atoms with Gasteiger partial charge in [-0.05, 0) is 13.8 Å². The fraction of sp³-hybridized carbons (Fsp3) is 1.00. The van der Waals surface area contributed by atoms with E-state index in [1.54, 1.807) is 0 Å². The molecule has 0 unspecified atom stereocenters. The summed E-state index contributed by atoms with van der Waals surface area (Å²) in [5, 5.41) is -0.725. The van der Waals surface area contributed by atoms with Crippen LogP contribution in [0.2, 0.25) is 0 Å². The predicted molar refractivity (Wildman–Crippen MR) is 46.7 cm³/mol. The maximum absolute atomic E-state index is 11.2. The molecule has 0 aromatic rings. The molecule has 0 radical (unpaired) electrons. The first-order valence-corrected chi connectivity index (χ1v) is 6.63. The van der Waals surface area contributed by atoms with Gasteiger partial charge in [0.15, 0.2) is 0 Å². The molecule has 7 heteroatoms. The van der Waals surface area contributed by atoms with Crippen molar-refractivity contribution in [3.63, 3.8) is 0 Å². The summed E-state index contributed by atoms with van der Waals surface area (Å²) in [5.41, 5.74) is 0. The van der Waals surface area contributed by atoms with Gasteiger partial charge in [-0.3, -0.25) is 0 Å². The second-order valence-corrected chi connectivity index (χ2v) is 7.50. The Hall–Kier alpha value is -0.140. The van der Waals surface area contributed by atoms with Crippen molar-refractivity contribution in [3.8, 4) is 0 Å². The average molecular weight is 215 g/mol. The fourth-order valence-corrected chi connectivity index (χ4v) is 3.11. The summed E-state index contributed by atoms with van der Waals surface area (Å²) in [5.74, 6) is 0. The molecule has 0 N–H and O–H groups in total. The van der Waals surface area contributed by atoms with Crippen LogP contribution in [0.25, 0.3) is 0 Å². The van der Waals surface area contributed by atoms with Gasteiger partial charge in [-0.15, -0.1) is 0 Å². The number of nitrogens with zero attached hydrogens (tertiary/aromatic N) is 1. The average Bonchev–Trinajstić information content (AvgIpc) is 1.83. The van der Waals surface area contributed by atoms with Gasteiger partial charge in [0.25, 0.3) is 0 Å². The third-order valence-electron chi connectivity index (χ3n) is 1.42. The zero-order chi connectivity index (χ0) is 10.2. The van der Waals surface area contributed by atoms with Gasteiger partial charge in [-0.2, -0.15) is 0 Å². The Bertz CT molecular complexity index is 340. The zero-order valence-electron chi connectivity index (χ0n) is 7.47. The van der Waals surface area contributed by atoms with Gasteiger partial charge in [0.2, 0.25) is 20.0 Å². The molecule has 0 fully saturated rings. The standard InChI is InChI=1S/C5H13NO4S2/c1-5(2)12(9,10)6(3)11(4,7)8/h5H,1-4H3. The molecular formula is C5H13NO4S2. The SMILES string of the molecule is CC(C)S(=O)(=O)N(C)S(C)(=O)=O. The van der Waals surface area contributed by atoms with E-state index < -0.39 is 25.3 Å². The highest BCUT2D eigenvalue weighted by Crippen LogP contribution is 2.09. The number of rotatable bonds is 3. The molecule has 0 bridgehead atoms. The van der Waals surface area contributed by atoms with Crippen molar-refractivity contribution >= 4 is 20.0 Å². The van der Waals surface area contributed by atoms with E-state index in [-0.39, 0.29) is 0 Å². The Morgan fingerprint density at radius 3 is 1.50 bits per heavy atom. The van der Waals surface area contributed by atoms with Crippen molar-refractivity contribution in [1.82, 2.24) is 3.71 Å². The van der Waals surface area contributed by atoms with Gasteiger partial charge >= 0.3 is 0 Å². The highest BCUT2D eigenvalue weighted by atomic mass is 32.3. The van der Waals surface area contributed by atoms with Gasteiger partial charge < -0.3 is 0 Å². The van der Waals surface area contributed by atoms with Crippen LogP contribution < -0.4 is 0 Å². The van der Waals surface area contributed by atoms with Gasteiger partial charge in [0, 0.05) is 7.05 Å². The van der Waals surface area contributed by atoms with E-state index in [4.69, 9.17) is 0 Å². The largest absolute Gasteiger partial charge is 0.229 e. The van der Waals surface area contributed by atoms with Crippen LogP contribution in [0.4, 0.5) is 0 Å². The molecule has 0 aromatic heterocycles. The predicted octanol–water partition coefficient (Wildman–Crippen LogP) is -0.384. The van der Waals surface area contributed by atoms with Crippen LogP contribution in [-0.4, -0.2) is 39.1 Å². The van der Waals surface area contributed by atoms with Crippen molar-refractivity contribution in [3.05, 3.63) is 0 Å². The Morgan fingerprint density at radius 1 is 1.08 bits per heavy atom. The molecule has 0 aliphatic carbocycles. The Morgan fingerprint density at radius 2 is 1.42 bits per heavy atom. The first kappa shape index (κ1) is 11.9. The second kappa shape index (κ2) is 3.31. The van der Waals surface area contributed by atoms with Gasteiger partial charge in [-0.25, -0.2) is 16.8 Å². The van der Waals surface area contributed by atoms with Gasteiger partial charge in [0.1, 0.15) is 0 Å². The van der Waals surface area contributed by atoms with E-state index in [0.29, 0.717) is 3.71 Å². The molecule has 0 saturated heterocycles. The summed E-state index contributed by atoms with van der Waals surface area (Å²) in [4.78, 5) is 0. The lowest BCUT2D eigenvalue weighted by molar-refractivity contribution is 0.523. The molecule has 12 heavy (non-hydrogen) atoms. The normalized spacial score (nSPS) is 14.2. The van der Waals surface area contributed by atoms with Crippen LogP contribution in [0, 0.1) is 0 Å². The molecule has 0 aliphatic heterocycles. The molecule has 0 heterocycles. The van der Waals surface area contributed by atoms with Crippen LogP contribution in [0.1, 0.15) is 13.8 Å². The van der Waals surface area contributed by atoms with Crippen LogP contribution in [0.5, 0.6) is 0 Å². The van der Waals surface area contributed by atoms with Crippen LogP contribution in [0.15, 0.2) is 0 Å². The molecule has 0 rings (SSSR count). The number of hydrogen-bond acceptors (Lipinski definition) is 4. The summed E-state index contributed by atoms with van der Waals surface area (Å²) in [6.45, 7) is 2.86. The maximum atomic E-state index is 11.2. The quantitative estimate of drug-likeness (QED) is 0.643. The summed E-state index contributed by atoms with van der Waals surface area (Å²) < 4.78 is 44.5. The highest BCUT2D eigenvalue weighted by Gasteiger charge is 2.28. The molecule has 0 amide bonds. The van der Waals surface area contributed by atoms with E-state index in [0.717, 1.165) is 13.3 Å². The van der Waals surface area contributed by atoms with Crippen LogP contribution in [0.3, 0.4) is 0 Å². The van der Waals surface area contributed by atoms with E-state index in [1.807, 2.05) is 0 Å². The Kier molecular flexibility index (Phi) is 3.27. The molecule has 5 nitrogen and oxygen atoms in total. The smallest absolute Gasteiger partial charge is 0.212 e. The molecule has 0 aliphatic rings. The molecule has 0 aromatic carbocycles. The van der Waals surface area contributed by atoms with Crippen molar-refractivity contribution in [2.45, 2.75) is 19.1 Å². The van der Waals surface area contributed by atoms with E-state index in [2.05, 4.69) is 0 Å². The summed E-state index contributed by atoms with van der Waals surface area (Å²) in [6.07, 6.45) is 0.854. The van der Waals surface area contributed by atoms with E-state index in [9.17, 15) is 16.8 Å². The number of hydrogen-bond donors (Lipinski definition) is 0. The fourth-order valence-electron chi connectivity index (χ4n) is 0.486. The lowest BCUT2D eigenvalue weighted by Crippen LogP contribution is -2.37. The lowest BCUT2D eigenvalue weighted by atomic mass is 10.6. The maximum Gasteiger partial charge on any atom is 0.229 e. The van der Waals surface area contributed by atoms with Crippen molar-refractivity contribution in [2.24, 2.45) is 0 Å². The third kappa shape index (κ3) is 2.43. The Labute approximate surface area is 73.5 Å². The monoisotopic (exact) mass is 215 g/mol. The first-order valence-electron chi connectivity index (χ1n) is 3.28. The van der Waals surface area contributed by atoms with Crippen LogP contribution in [-0.2, 0) is 20.0 Å². The molecule has 74 valence electrons. The highest BCUT2D eigenvalue weighted by molar-refractivity contribution is 8.03.